The molecule has 0 N–H and O–H groups in total. The predicted molar refractivity (Wildman–Crippen MR) is 153 cm³/mol. The van der Waals surface area contributed by atoms with Crippen LogP contribution < -0.4 is 0 Å². The lowest BCUT2D eigenvalue weighted by Gasteiger charge is -2.13. The largest absolute Gasteiger partial charge is 0.225 e. The van der Waals surface area contributed by atoms with Crippen molar-refractivity contribution in [2.45, 2.75) is 50.8 Å². The van der Waals surface area contributed by atoms with Gasteiger partial charge in [-0.05, 0) is 83.0 Å². The van der Waals surface area contributed by atoms with Crippen molar-refractivity contribution in [3.05, 3.63) is 72.1 Å². The van der Waals surface area contributed by atoms with Crippen LogP contribution in [0.2, 0.25) is 0 Å². The van der Waals surface area contributed by atoms with Gasteiger partial charge >= 0.3 is 0 Å². The molecule has 4 heterocycles. The lowest BCUT2D eigenvalue weighted by atomic mass is 10.2. The first-order valence-electron chi connectivity index (χ1n) is 12.8. The normalized spacial score (nSPS) is 11.4. The average molecular weight is 571 g/mol. The molecule has 4 aromatic heterocycles. The number of nitrogens with zero attached hydrogens (tertiary/aromatic N) is 12. The van der Waals surface area contributed by atoms with E-state index in [0.717, 1.165) is 43.7 Å². The predicted octanol–water partition coefficient (Wildman–Crippen LogP) is 4.82. The Balaban J connectivity index is 1.46. The summed E-state index contributed by atoms with van der Waals surface area (Å²) in [6.45, 7) is 9.34. The van der Waals surface area contributed by atoms with Gasteiger partial charge in [-0.1, -0.05) is 36.4 Å². The Morgan fingerprint density at radius 1 is 0.625 bits per heavy atom. The fourth-order valence-corrected chi connectivity index (χ4v) is 6.63. The number of tetrazole rings is 2. The van der Waals surface area contributed by atoms with Crippen LogP contribution in [0.1, 0.15) is 25.0 Å². The van der Waals surface area contributed by atoms with Crippen molar-refractivity contribution in [1.29, 1.82) is 0 Å². The molecule has 0 unspecified atom stereocenters. The molecule has 6 aromatic rings. The summed E-state index contributed by atoms with van der Waals surface area (Å²) >= 11 is 0. The summed E-state index contributed by atoms with van der Waals surface area (Å²) < 4.78 is 3.85. The fourth-order valence-electron chi connectivity index (χ4n) is 4.14. The highest BCUT2D eigenvalue weighted by atomic mass is 33.1. The molecule has 0 radical (unpaired) electrons. The van der Waals surface area contributed by atoms with E-state index >= 15 is 0 Å². The first-order chi connectivity index (χ1) is 19.6. The van der Waals surface area contributed by atoms with Crippen molar-refractivity contribution in [2.24, 2.45) is 0 Å². The molecule has 0 saturated carbocycles. The van der Waals surface area contributed by atoms with E-state index in [1.165, 1.54) is 0 Å². The molecule has 40 heavy (non-hydrogen) atoms. The lowest BCUT2D eigenvalue weighted by molar-refractivity contribution is 0.552. The highest BCUT2D eigenvalue weighted by Crippen LogP contribution is 2.46. The van der Waals surface area contributed by atoms with Crippen molar-refractivity contribution >= 4 is 21.6 Å². The summed E-state index contributed by atoms with van der Waals surface area (Å²) in [6, 6.07) is 16.3. The van der Waals surface area contributed by atoms with E-state index in [9.17, 15) is 0 Å². The topological polar surface area (TPSA) is 123 Å². The van der Waals surface area contributed by atoms with Gasteiger partial charge in [0.2, 0.25) is 11.6 Å². The van der Waals surface area contributed by atoms with E-state index in [0.29, 0.717) is 24.7 Å². The highest BCUT2D eigenvalue weighted by Gasteiger charge is 2.24. The third-order valence-electron chi connectivity index (χ3n) is 6.29. The Kier molecular flexibility index (Phi) is 7.17. The zero-order valence-corrected chi connectivity index (χ0v) is 24.0. The van der Waals surface area contributed by atoms with E-state index in [-0.39, 0.29) is 0 Å². The van der Waals surface area contributed by atoms with Crippen molar-refractivity contribution in [1.82, 2.24) is 60.0 Å². The molecule has 0 saturated heterocycles. The molecular weight excluding hydrogens is 545 g/mol. The Bertz CT molecular complexity index is 1650. The number of aryl methyl sites for hydroxylation is 4. The van der Waals surface area contributed by atoms with Crippen molar-refractivity contribution in [3.63, 3.8) is 0 Å². The van der Waals surface area contributed by atoms with E-state index in [1.807, 2.05) is 59.6 Å². The van der Waals surface area contributed by atoms with Crippen molar-refractivity contribution in [2.75, 3.05) is 0 Å². The summed E-state index contributed by atoms with van der Waals surface area (Å²) in [5, 5.41) is 37.3. The van der Waals surface area contributed by atoms with Crippen LogP contribution in [0.3, 0.4) is 0 Å². The second-order valence-electron chi connectivity index (χ2n) is 8.89. The van der Waals surface area contributed by atoms with Crippen molar-refractivity contribution in [3.8, 4) is 34.2 Å². The zero-order chi connectivity index (χ0) is 27.6. The fraction of sp³-hybridized carbons (Fsp3) is 0.231. The molecular formula is C26H26N12S2. The maximum Gasteiger partial charge on any atom is 0.209 e. The third kappa shape index (κ3) is 4.79. The summed E-state index contributed by atoms with van der Waals surface area (Å²) in [5.41, 5.74) is 5.72. The van der Waals surface area contributed by atoms with Gasteiger partial charge in [-0.2, -0.15) is 19.8 Å². The maximum atomic E-state index is 4.75. The minimum Gasteiger partial charge on any atom is -0.225 e. The van der Waals surface area contributed by atoms with Gasteiger partial charge in [0.05, 0.1) is 48.0 Å². The lowest BCUT2D eigenvalue weighted by Crippen LogP contribution is -2.02. The molecule has 0 atom stereocenters. The van der Waals surface area contributed by atoms with Gasteiger partial charge < -0.3 is 0 Å². The summed E-state index contributed by atoms with van der Waals surface area (Å²) in [6.07, 6.45) is 3.58. The van der Waals surface area contributed by atoms with Gasteiger partial charge in [0.25, 0.3) is 0 Å². The number of rotatable bonds is 9. The number of aromatic nitrogens is 12. The van der Waals surface area contributed by atoms with Crippen LogP contribution in [0, 0.1) is 13.8 Å². The molecule has 2 aromatic carbocycles. The van der Waals surface area contributed by atoms with Crippen LogP contribution in [0.5, 0.6) is 0 Å². The van der Waals surface area contributed by atoms with Gasteiger partial charge in [0.1, 0.15) is 10.1 Å². The van der Waals surface area contributed by atoms with E-state index in [1.54, 1.807) is 43.6 Å². The second-order valence-corrected chi connectivity index (χ2v) is 11.0. The molecule has 0 fully saturated rings. The van der Waals surface area contributed by atoms with Crippen LogP contribution in [0.25, 0.3) is 34.2 Å². The van der Waals surface area contributed by atoms with Gasteiger partial charge in [-0.15, -0.1) is 20.4 Å². The Labute approximate surface area is 238 Å². The molecule has 6 rings (SSSR count). The van der Waals surface area contributed by atoms with Gasteiger partial charge in [0.15, 0.2) is 0 Å². The van der Waals surface area contributed by atoms with Crippen LogP contribution >= 0.6 is 21.6 Å². The first kappa shape index (κ1) is 26.0. The van der Waals surface area contributed by atoms with Crippen LogP contribution in [-0.4, -0.2) is 60.0 Å². The van der Waals surface area contributed by atoms with Crippen molar-refractivity contribution < 1.29 is 0 Å². The zero-order valence-electron chi connectivity index (χ0n) is 22.4. The van der Waals surface area contributed by atoms with Crippen LogP contribution in [0.4, 0.5) is 0 Å². The van der Waals surface area contributed by atoms with Gasteiger partial charge in [-0.25, -0.2) is 9.36 Å². The summed E-state index contributed by atoms with van der Waals surface area (Å²) in [4.78, 5) is 3.13. The minimum absolute atomic E-state index is 0.518. The molecule has 0 amide bonds. The van der Waals surface area contributed by atoms with Gasteiger partial charge in [-0.3, -0.25) is 0 Å². The maximum absolute atomic E-state index is 4.75. The van der Waals surface area contributed by atoms with Crippen LogP contribution in [0.15, 0.2) is 71.0 Å². The Morgan fingerprint density at radius 2 is 1.05 bits per heavy atom. The van der Waals surface area contributed by atoms with Gasteiger partial charge in [0, 0.05) is 0 Å². The molecule has 0 aliphatic rings. The summed E-state index contributed by atoms with van der Waals surface area (Å²) in [5.74, 6) is 1.04. The average Bonchev–Trinajstić information content (AvgIpc) is 3.78. The first-order valence-corrected chi connectivity index (χ1v) is 14.9. The molecule has 0 spiro atoms. The molecule has 202 valence electrons. The van der Waals surface area contributed by atoms with Crippen LogP contribution in [-0.2, 0) is 13.1 Å². The second kappa shape index (κ2) is 11.1. The highest BCUT2D eigenvalue weighted by molar-refractivity contribution is 8.76. The molecule has 0 aliphatic heterocycles. The molecule has 12 nitrogen and oxygen atoms in total. The summed E-state index contributed by atoms with van der Waals surface area (Å²) in [7, 11) is 3.09. The number of hydrogen-bond acceptors (Lipinski definition) is 10. The number of hydrogen-bond donors (Lipinski definition) is 0. The molecule has 0 aliphatic carbocycles. The monoisotopic (exact) mass is 570 g/mol. The molecule has 14 heteroatoms. The molecule has 0 bridgehead atoms. The minimum atomic E-state index is 0.518. The Morgan fingerprint density at radius 3 is 1.43 bits per heavy atom. The van der Waals surface area contributed by atoms with E-state index < -0.39 is 0 Å². The standard InChI is InChI=1S/C26H26N12S2/c1-5-35-31-23(29-33-35)19-15-27-37(21-13-9-7-11-17(21)3)25(19)39-40-26-20(24-30-34-36(6-2)32-24)16-28-38(26)22-14-10-8-12-18(22)4/h7-16H,5-6H2,1-4H3. The Hall–Kier alpha value is -4.30. The quantitative estimate of drug-likeness (QED) is 0.224. The number of para-hydroxylation sites is 2. The number of benzene rings is 2. The third-order valence-corrected chi connectivity index (χ3v) is 8.67. The van der Waals surface area contributed by atoms with E-state index in [4.69, 9.17) is 10.2 Å². The SMILES string of the molecule is CCn1nnc(-c2cnn(-c3ccccc3C)c2SSc2c(-c3nnn(CC)n3)cnn2-c2ccccc2C)n1. The van der Waals surface area contributed by atoms with E-state index in [2.05, 4.69) is 56.8 Å². The smallest absolute Gasteiger partial charge is 0.209 e.